The van der Waals surface area contributed by atoms with Crippen LogP contribution in [-0.2, 0) is 4.79 Å². The van der Waals surface area contributed by atoms with E-state index in [1.54, 1.807) is 18.2 Å². The summed E-state index contributed by atoms with van der Waals surface area (Å²) in [4.78, 5) is 12.1. The van der Waals surface area contributed by atoms with Gasteiger partial charge in [0.05, 0.1) is 19.8 Å². The summed E-state index contributed by atoms with van der Waals surface area (Å²) < 4.78 is 16.5. The van der Waals surface area contributed by atoms with Crippen molar-refractivity contribution in [3.05, 3.63) is 54.1 Å². The van der Waals surface area contributed by atoms with Gasteiger partial charge in [-0.25, -0.2) is 0 Å². The highest BCUT2D eigenvalue weighted by atomic mass is 16.5. The van der Waals surface area contributed by atoms with Crippen LogP contribution >= 0.6 is 0 Å². The van der Waals surface area contributed by atoms with Crippen LogP contribution in [0.4, 0.5) is 5.69 Å². The van der Waals surface area contributed by atoms with Crippen LogP contribution in [0.2, 0.25) is 0 Å². The molecule has 0 atom stereocenters. The fourth-order valence-electron chi connectivity index (χ4n) is 2.33. The Balaban J connectivity index is 2.01. The van der Waals surface area contributed by atoms with E-state index in [9.17, 15) is 4.79 Å². The molecule has 0 radical (unpaired) electrons. The Bertz CT molecular complexity index is 738. The second kappa shape index (κ2) is 10.1. The van der Waals surface area contributed by atoms with Gasteiger partial charge in [0.15, 0.2) is 11.5 Å². The van der Waals surface area contributed by atoms with Crippen LogP contribution in [0.3, 0.4) is 0 Å². The van der Waals surface area contributed by atoms with Crippen molar-refractivity contribution in [1.82, 2.24) is 0 Å². The van der Waals surface area contributed by atoms with E-state index in [1.165, 1.54) is 6.08 Å². The minimum Gasteiger partial charge on any atom is -0.494 e. The molecule has 0 bridgehead atoms. The molecule has 0 aliphatic rings. The molecular formula is C21H25NO4. The molecule has 0 saturated heterocycles. The predicted molar refractivity (Wildman–Crippen MR) is 104 cm³/mol. The maximum absolute atomic E-state index is 12.1. The van der Waals surface area contributed by atoms with Gasteiger partial charge >= 0.3 is 0 Å². The van der Waals surface area contributed by atoms with Gasteiger partial charge in [0.25, 0.3) is 0 Å². The molecule has 0 fully saturated rings. The standard InChI is InChI=1S/C21H25NO4/c1-4-24-18-11-9-17(10-12-18)22-21(23)14-8-16-7-13-19(25-5-2)20(15-16)26-6-3/h7-15H,4-6H2,1-3H3,(H,22,23)/b14-8+. The lowest BCUT2D eigenvalue weighted by Gasteiger charge is -2.11. The molecule has 26 heavy (non-hydrogen) atoms. The molecule has 0 aromatic heterocycles. The molecule has 0 aliphatic heterocycles. The number of nitrogens with one attached hydrogen (secondary N) is 1. The van der Waals surface area contributed by atoms with Crippen molar-refractivity contribution in [3.8, 4) is 17.2 Å². The normalized spacial score (nSPS) is 10.6. The first-order chi connectivity index (χ1) is 12.7. The molecule has 1 amide bonds. The molecule has 2 rings (SSSR count). The second-order valence-corrected chi connectivity index (χ2v) is 5.35. The van der Waals surface area contributed by atoms with Gasteiger partial charge in [0.2, 0.25) is 5.91 Å². The topological polar surface area (TPSA) is 56.8 Å². The number of carbonyl (C=O) groups is 1. The van der Waals surface area contributed by atoms with Crippen molar-refractivity contribution < 1.29 is 19.0 Å². The van der Waals surface area contributed by atoms with Gasteiger partial charge in [0.1, 0.15) is 5.75 Å². The number of ether oxygens (including phenoxy) is 3. The zero-order valence-corrected chi connectivity index (χ0v) is 15.5. The number of carbonyl (C=O) groups excluding carboxylic acids is 1. The van der Waals surface area contributed by atoms with E-state index >= 15 is 0 Å². The number of amides is 1. The van der Waals surface area contributed by atoms with Crippen LogP contribution in [0.5, 0.6) is 17.2 Å². The molecule has 0 saturated carbocycles. The first kappa shape index (κ1) is 19.4. The molecule has 5 nitrogen and oxygen atoms in total. The van der Waals surface area contributed by atoms with E-state index in [1.807, 2.05) is 51.1 Å². The molecule has 0 heterocycles. The van der Waals surface area contributed by atoms with Gasteiger partial charge in [-0.1, -0.05) is 6.07 Å². The SMILES string of the molecule is CCOc1ccc(NC(=O)/C=C/c2ccc(OCC)c(OCC)c2)cc1. The molecule has 0 unspecified atom stereocenters. The van der Waals surface area contributed by atoms with E-state index < -0.39 is 0 Å². The van der Waals surface area contributed by atoms with Gasteiger partial charge < -0.3 is 19.5 Å². The lowest BCUT2D eigenvalue weighted by atomic mass is 10.2. The van der Waals surface area contributed by atoms with E-state index in [-0.39, 0.29) is 5.91 Å². The van der Waals surface area contributed by atoms with Crippen molar-refractivity contribution in [2.45, 2.75) is 20.8 Å². The lowest BCUT2D eigenvalue weighted by Crippen LogP contribution is -2.07. The highest BCUT2D eigenvalue weighted by Gasteiger charge is 2.05. The summed E-state index contributed by atoms with van der Waals surface area (Å²) >= 11 is 0. The fraction of sp³-hybridized carbons (Fsp3) is 0.286. The number of rotatable bonds is 9. The number of hydrogen-bond donors (Lipinski definition) is 1. The van der Waals surface area contributed by atoms with E-state index in [4.69, 9.17) is 14.2 Å². The van der Waals surface area contributed by atoms with Crippen LogP contribution in [0, 0.1) is 0 Å². The minimum atomic E-state index is -0.207. The summed E-state index contributed by atoms with van der Waals surface area (Å²) in [5.41, 5.74) is 1.57. The third-order valence-electron chi connectivity index (χ3n) is 3.43. The Morgan fingerprint density at radius 2 is 1.54 bits per heavy atom. The largest absolute Gasteiger partial charge is 0.494 e. The molecule has 5 heteroatoms. The van der Waals surface area contributed by atoms with Crippen LogP contribution in [-0.4, -0.2) is 25.7 Å². The zero-order chi connectivity index (χ0) is 18.8. The number of hydrogen-bond acceptors (Lipinski definition) is 4. The monoisotopic (exact) mass is 355 g/mol. The maximum atomic E-state index is 12.1. The fourth-order valence-corrected chi connectivity index (χ4v) is 2.33. The number of benzene rings is 2. The van der Waals surface area contributed by atoms with E-state index in [0.29, 0.717) is 37.0 Å². The van der Waals surface area contributed by atoms with Crippen molar-refractivity contribution in [2.75, 3.05) is 25.1 Å². The number of anilines is 1. The van der Waals surface area contributed by atoms with Crippen molar-refractivity contribution in [3.63, 3.8) is 0 Å². The third kappa shape index (κ3) is 5.84. The van der Waals surface area contributed by atoms with Gasteiger partial charge in [-0.2, -0.15) is 0 Å². The van der Waals surface area contributed by atoms with Crippen LogP contribution in [0.1, 0.15) is 26.3 Å². The Labute approximate surface area is 154 Å². The smallest absolute Gasteiger partial charge is 0.248 e. The maximum Gasteiger partial charge on any atom is 0.248 e. The predicted octanol–water partition coefficient (Wildman–Crippen LogP) is 4.53. The molecule has 0 aliphatic carbocycles. The Morgan fingerprint density at radius 3 is 2.19 bits per heavy atom. The summed E-state index contributed by atoms with van der Waals surface area (Å²) in [5.74, 6) is 1.94. The van der Waals surface area contributed by atoms with Crippen molar-refractivity contribution in [2.24, 2.45) is 0 Å². The molecule has 1 N–H and O–H groups in total. The lowest BCUT2D eigenvalue weighted by molar-refractivity contribution is -0.111. The second-order valence-electron chi connectivity index (χ2n) is 5.35. The Kier molecular flexibility index (Phi) is 7.55. The average Bonchev–Trinajstić information content (AvgIpc) is 2.64. The minimum absolute atomic E-state index is 0.207. The molecule has 2 aromatic rings. The Morgan fingerprint density at radius 1 is 0.885 bits per heavy atom. The quantitative estimate of drug-likeness (QED) is 0.671. The summed E-state index contributed by atoms with van der Waals surface area (Å²) in [5, 5.41) is 2.82. The van der Waals surface area contributed by atoms with E-state index in [0.717, 1.165) is 11.3 Å². The Hall–Kier alpha value is -2.95. The first-order valence-corrected chi connectivity index (χ1v) is 8.77. The van der Waals surface area contributed by atoms with Gasteiger partial charge in [-0.3, -0.25) is 4.79 Å². The first-order valence-electron chi connectivity index (χ1n) is 8.77. The van der Waals surface area contributed by atoms with Crippen molar-refractivity contribution >= 4 is 17.7 Å². The van der Waals surface area contributed by atoms with Crippen LogP contribution < -0.4 is 19.5 Å². The summed E-state index contributed by atoms with van der Waals surface area (Å²) in [7, 11) is 0. The molecular weight excluding hydrogens is 330 g/mol. The van der Waals surface area contributed by atoms with Gasteiger partial charge in [-0.05, 0) is 68.8 Å². The van der Waals surface area contributed by atoms with Gasteiger partial charge in [-0.15, -0.1) is 0 Å². The van der Waals surface area contributed by atoms with E-state index in [2.05, 4.69) is 5.32 Å². The zero-order valence-electron chi connectivity index (χ0n) is 15.5. The van der Waals surface area contributed by atoms with Crippen molar-refractivity contribution in [1.29, 1.82) is 0 Å². The molecule has 138 valence electrons. The highest BCUT2D eigenvalue weighted by molar-refractivity contribution is 6.01. The average molecular weight is 355 g/mol. The van der Waals surface area contributed by atoms with Crippen LogP contribution in [0.25, 0.3) is 6.08 Å². The molecule has 0 spiro atoms. The summed E-state index contributed by atoms with van der Waals surface area (Å²) in [6.07, 6.45) is 3.23. The highest BCUT2D eigenvalue weighted by Crippen LogP contribution is 2.29. The molecule has 2 aromatic carbocycles. The summed E-state index contributed by atoms with van der Waals surface area (Å²) in [6, 6.07) is 12.8. The van der Waals surface area contributed by atoms with Crippen LogP contribution in [0.15, 0.2) is 48.5 Å². The third-order valence-corrected chi connectivity index (χ3v) is 3.43. The van der Waals surface area contributed by atoms with Gasteiger partial charge in [0, 0.05) is 11.8 Å². The summed E-state index contributed by atoms with van der Waals surface area (Å²) in [6.45, 7) is 7.50.